The number of benzene rings is 2. The van der Waals surface area contributed by atoms with Gasteiger partial charge in [0, 0.05) is 0 Å². The molecule has 0 aliphatic carbocycles. The number of rotatable bonds is 6. The molecule has 0 fully saturated rings. The molecular formula is C17H16N2O5. The summed E-state index contributed by atoms with van der Waals surface area (Å²) >= 11 is 0. The van der Waals surface area contributed by atoms with E-state index in [1.807, 2.05) is 0 Å². The summed E-state index contributed by atoms with van der Waals surface area (Å²) in [7, 11) is 1.29. The highest BCUT2D eigenvalue weighted by molar-refractivity contribution is 5.97. The van der Waals surface area contributed by atoms with Crippen molar-refractivity contribution in [2.45, 2.75) is 0 Å². The smallest absolute Gasteiger partial charge is 0.343 e. The molecule has 0 aliphatic heterocycles. The molecule has 0 unspecified atom stereocenters. The molecule has 2 N–H and O–H groups in total. The molecule has 0 heterocycles. The lowest BCUT2D eigenvalue weighted by atomic mass is 10.2. The molecule has 0 bridgehead atoms. The van der Waals surface area contributed by atoms with Gasteiger partial charge in [0.2, 0.25) is 0 Å². The SMILES string of the molecule is COC(=O)COc1ccc(/C=N/NC(=O)c2ccccc2O)cc1. The molecule has 0 atom stereocenters. The topological polar surface area (TPSA) is 97.2 Å². The first-order chi connectivity index (χ1) is 11.6. The average molecular weight is 328 g/mol. The van der Waals surface area contributed by atoms with Crippen LogP contribution < -0.4 is 10.2 Å². The van der Waals surface area contributed by atoms with Crippen LogP contribution in [0.3, 0.4) is 0 Å². The monoisotopic (exact) mass is 328 g/mol. The fraction of sp³-hybridized carbons (Fsp3) is 0.118. The summed E-state index contributed by atoms with van der Waals surface area (Å²) in [6, 6.07) is 12.9. The van der Waals surface area contributed by atoms with Gasteiger partial charge in [-0.25, -0.2) is 10.2 Å². The van der Waals surface area contributed by atoms with Crippen LogP contribution in [0.2, 0.25) is 0 Å². The second-order valence-corrected chi connectivity index (χ2v) is 4.65. The normalized spacial score (nSPS) is 10.4. The van der Waals surface area contributed by atoms with Crippen molar-refractivity contribution < 1.29 is 24.2 Å². The van der Waals surface area contributed by atoms with Crippen LogP contribution in [0.1, 0.15) is 15.9 Å². The van der Waals surface area contributed by atoms with Crippen molar-refractivity contribution >= 4 is 18.1 Å². The summed E-state index contributed by atoms with van der Waals surface area (Å²) in [5.41, 5.74) is 3.19. The van der Waals surface area contributed by atoms with Crippen LogP contribution in [0.15, 0.2) is 53.6 Å². The number of nitrogens with zero attached hydrogens (tertiary/aromatic N) is 1. The zero-order chi connectivity index (χ0) is 17.4. The molecule has 0 aromatic heterocycles. The number of carbonyl (C=O) groups excluding carboxylic acids is 2. The Morgan fingerprint density at radius 3 is 2.54 bits per heavy atom. The summed E-state index contributed by atoms with van der Waals surface area (Å²) in [6.07, 6.45) is 1.45. The zero-order valence-electron chi connectivity index (χ0n) is 12.9. The maximum absolute atomic E-state index is 11.8. The van der Waals surface area contributed by atoms with E-state index in [1.54, 1.807) is 36.4 Å². The quantitative estimate of drug-likeness (QED) is 0.478. The molecule has 0 spiro atoms. The number of aromatic hydroxyl groups is 1. The number of phenolic OH excluding ortho intramolecular Hbond substituents is 1. The number of hydrogen-bond donors (Lipinski definition) is 2. The number of carbonyl (C=O) groups is 2. The Kier molecular flexibility index (Phi) is 5.90. The molecule has 0 aliphatic rings. The molecule has 24 heavy (non-hydrogen) atoms. The largest absolute Gasteiger partial charge is 0.507 e. The van der Waals surface area contributed by atoms with E-state index in [2.05, 4.69) is 15.3 Å². The van der Waals surface area contributed by atoms with E-state index in [0.29, 0.717) is 5.75 Å². The Labute approximate surface area is 138 Å². The molecule has 2 aromatic carbocycles. The number of methoxy groups -OCH3 is 1. The number of amides is 1. The van der Waals surface area contributed by atoms with Crippen molar-refractivity contribution in [3.05, 3.63) is 59.7 Å². The standard InChI is InChI=1S/C17H16N2O5/c1-23-16(21)11-24-13-8-6-12(7-9-13)10-18-19-17(22)14-4-2-3-5-15(14)20/h2-10,20H,11H2,1H3,(H,19,22)/b18-10+. The van der Waals surface area contributed by atoms with E-state index in [1.165, 1.54) is 25.5 Å². The summed E-state index contributed by atoms with van der Waals surface area (Å²) in [5, 5.41) is 13.4. The van der Waals surface area contributed by atoms with Gasteiger partial charge in [0.1, 0.15) is 11.5 Å². The summed E-state index contributed by atoms with van der Waals surface area (Å²) in [6.45, 7) is -0.166. The van der Waals surface area contributed by atoms with Gasteiger partial charge in [-0.3, -0.25) is 4.79 Å². The van der Waals surface area contributed by atoms with Crippen molar-refractivity contribution in [1.82, 2.24) is 5.43 Å². The predicted octanol–water partition coefficient (Wildman–Crippen LogP) is 1.71. The van der Waals surface area contributed by atoms with E-state index in [9.17, 15) is 14.7 Å². The zero-order valence-corrected chi connectivity index (χ0v) is 12.9. The van der Waals surface area contributed by atoms with Crippen LogP contribution in [0, 0.1) is 0 Å². The molecular weight excluding hydrogens is 312 g/mol. The minimum atomic E-state index is -0.512. The average Bonchev–Trinajstić information content (AvgIpc) is 2.61. The van der Waals surface area contributed by atoms with Gasteiger partial charge in [0.05, 0.1) is 18.9 Å². The minimum absolute atomic E-state index is 0.114. The summed E-state index contributed by atoms with van der Waals surface area (Å²) in [4.78, 5) is 22.8. The fourth-order valence-corrected chi connectivity index (χ4v) is 1.74. The molecule has 2 aromatic rings. The highest BCUT2D eigenvalue weighted by Crippen LogP contribution is 2.15. The van der Waals surface area contributed by atoms with Crippen LogP contribution in [0.5, 0.6) is 11.5 Å². The molecule has 7 heteroatoms. The van der Waals surface area contributed by atoms with Crippen molar-refractivity contribution in [1.29, 1.82) is 0 Å². The number of phenols is 1. The maximum atomic E-state index is 11.8. The van der Waals surface area contributed by atoms with E-state index in [4.69, 9.17) is 4.74 Å². The van der Waals surface area contributed by atoms with Crippen molar-refractivity contribution in [2.24, 2.45) is 5.10 Å². The lowest BCUT2D eigenvalue weighted by Gasteiger charge is -2.04. The molecule has 0 saturated carbocycles. The minimum Gasteiger partial charge on any atom is -0.507 e. The van der Waals surface area contributed by atoms with Gasteiger partial charge in [-0.2, -0.15) is 5.10 Å². The number of hydrogen-bond acceptors (Lipinski definition) is 6. The van der Waals surface area contributed by atoms with Gasteiger partial charge in [-0.15, -0.1) is 0 Å². The first-order valence-electron chi connectivity index (χ1n) is 7.01. The third-order valence-electron chi connectivity index (χ3n) is 2.99. The van der Waals surface area contributed by atoms with Crippen LogP contribution in [0.25, 0.3) is 0 Å². The Morgan fingerprint density at radius 2 is 1.88 bits per heavy atom. The third-order valence-corrected chi connectivity index (χ3v) is 2.99. The fourth-order valence-electron chi connectivity index (χ4n) is 1.74. The molecule has 124 valence electrons. The molecule has 0 radical (unpaired) electrons. The van der Waals surface area contributed by atoms with Crippen molar-refractivity contribution in [3.8, 4) is 11.5 Å². The van der Waals surface area contributed by atoms with Crippen LogP contribution >= 0.6 is 0 Å². The van der Waals surface area contributed by atoms with Gasteiger partial charge in [0.25, 0.3) is 5.91 Å². The lowest BCUT2D eigenvalue weighted by Crippen LogP contribution is -2.17. The first-order valence-corrected chi connectivity index (χ1v) is 7.01. The van der Waals surface area contributed by atoms with Gasteiger partial charge in [0.15, 0.2) is 6.61 Å². The number of ether oxygens (including phenoxy) is 2. The van der Waals surface area contributed by atoms with Gasteiger partial charge in [-0.1, -0.05) is 12.1 Å². The Balaban J connectivity index is 1.89. The third kappa shape index (κ3) is 4.84. The second-order valence-electron chi connectivity index (χ2n) is 4.65. The van der Waals surface area contributed by atoms with Crippen LogP contribution in [-0.2, 0) is 9.53 Å². The number of hydrazone groups is 1. The summed E-state index contributed by atoms with van der Waals surface area (Å²) in [5.74, 6) is -0.581. The van der Waals surface area contributed by atoms with E-state index < -0.39 is 11.9 Å². The molecule has 0 saturated heterocycles. The highest BCUT2D eigenvalue weighted by Gasteiger charge is 2.08. The molecule has 7 nitrogen and oxygen atoms in total. The molecule has 1 amide bonds. The van der Waals surface area contributed by atoms with Crippen molar-refractivity contribution in [2.75, 3.05) is 13.7 Å². The number of nitrogens with one attached hydrogen (secondary N) is 1. The molecule has 2 rings (SSSR count). The van der Waals surface area contributed by atoms with Gasteiger partial charge < -0.3 is 14.6 Å². The number of para-hydroxylation sites is 1. The van der Waals surface area contributed by atoms with E-state index in [-0.39, 0.29) is 17.9 Å². The Bertz CT molecular complexity index is 741. The Morgan fingerprint density at radius 1 is 1.17 bits per heavy atom. The van der Waals surface area contributed by atoms with Gasteiger partial charge in [-0.05, 0) is 42.0 Å². The van der Waals surface area contributed by atoms with Crippen molar-refractivity contribution in [3.63, 3.8) is 0 Å². The first kappa shape index (κ1) is 17.0. The van der Waals surface area contributed by atoms with E-state index >= 15 is 0 Å². The van der Waals surface area contributed by atoms with Crippen LogP contribution in [0.4, 0.5) is 0 Å². The van der Waals surface area contributed by atoms with Gasteiger partial charge >= 0.3 is 5.97 Å². The van der Waals surface area contributed by atoms with Crippen LogP contribution in [-0.4, -0.2) is 36.9 Å². The lowest BCUT2D eigenvalue weighted by molar-refractivity contribution is -0.142. The predicted molar refractivity (Wildman–Crippen MR) is 87.1 cm³/mol. The highest BCUT2D eigenvalue weighted by atomic mass is 16.6. The second kappa shape index (κ2) is 8.33. The maximum Gasteiger partial charge on any atom is 0.343 e. The number of esters is 1. The summed E-state index contributed by atoms with van der Waals surface area (Å²) < 4.78 is 9.68. The Hall–Kier alpha value is -3.35. The van der Waals surface area contributed by atoms with E-state index in [0.717, 1.165) is 5.56 Å².